The minimum atomic E-state index is -1.16. The van der Waals surface area contributed by atoms with Gasteiger partial charge in [-0.05, 0) is 59.2 Å². The molecule has 0 aliphatic carbocycles. The minimum absolute atomic E-state index is 0.0815. The van der Waals surface area contributed by atoms with Gasteiger partial charge >= 0.3 is 0 Å². The van der Waals surface area contributed by atoms with Crippen molar-refractivity contribution in [3.63, 3.8) is 0 Å². The van der Waals surface area contributed by atoms with Crippen LogP contribution >= 0.6 is 15.9 Å². The minimum Gasteiger partial charge on any atom is -0.494 e. The topological polar surface area (TPSA) is 71.4 Å². The van der Waals surface area contributed by atoms with Gasteiger partial charge < -0.3 is 19.5 Å². The van der Waals surface area contributed by atoms with E-state index in [-0.39, 0.29) is 12.5 Å². The fourth-order valence-electron chi connectivity index (χ4n) is 5.39. The van der Waals surface area contributed by atoms with Crippen LogP contribution in [-0.4, -0.2) is 35.7 Å². The van der Waals surface area contributed by atoms with Gasteiger partial charge in [-0.15, -0.1) is 0 Å². The monoisotopic (exact) mass is 596 g/mol. The quantitative estimate of drug-likeness (QED) is 0.244. The molecule has 4 aromatic carbocycles. The van der Waals surface area contributed by atoms with E-state index in [0.717, 1.165) is 32.4 Å². The fourth-order valence-corrected chi connectivity index (χ4v) is 5.65. The number of aliphatic hydroxyl groups excluding tert-OH is 1. The first-order valence-corrected chi connectivity index (χ1v) is 14.2. The summed E-state index contributed by atoms with van der Waals surface area (Å²) in [5, 5.41) is 9.02. The molecule has 4 aromatic rings. The van der Waals surface area contributed by atoms with Gasteiger partial charge in [0, 0.05) is 35.2 Å². The number of carbonyl (C=O) groups excluding carboxylic acids is 1. The molecule has 40 heavy (non-hydrogen) atoms. The molecule has 1 amide bonds. The van der Waals surface area contributed by atoms with Gasteiger partial charge in [0.15, 0.2) is 11.6 Å². The molecule has 2 atom stereocenters. The van der Waals surface area contributed by atoms with E-state index in [9.17, 15) is 4.79 Å². The second-order valence-corrected chi connectivity index (χ2v) is 10.9. The molecule has 0 fully saturated rings. The highest BCUT2D eigenvalue weighted by atomic mass is 79.9. The zero-order chi connectivity index (χ0) is 27.5. The molecule has 6 rings (SSSR count). The predicted octanol–water partition coefficient (Wildman–Crippen LogP) is 6.26. The Hall–Kier alpha value is -3.94. The van der Waals surface area contributed by atoms with Gasteiger partial charge in [0.2, 0.25) is 5.90 Å². The van der Waals surface area contributed by atoms with Crippen molar-refractivity contribution in [2.75, 3.05) is 18.1 Å². The first-order chi connectivity index (χ1) is 19.6. The number of carbonyl (C=O) groups is 1. The average Bonchev–Trinajstić information content (AvgIpc) is 3.37. The van der Waals surface area contributed by atoms with Crippen molar-refractivity contribution in [1.29, 1.82) is 0 Å². The number of halogens is 1. The number of rotatable bonds is 8. The summed E-state index contributed by atoms with van der Waals surface area (Å²) in [4.78, 5) is 21.6. The molecule has 2 heterocycles. The number of nitrogens with zero attached hydrogens (tertiary/aromatic N) is 2. The average molecular weight is 598 g/mol. The summed E-state index contributed by atoms with van der Waals surface area (Å²) < 4.78 is 13.2. The molecule has 1 spiro atoms. The zero-order valence-corrected chi connectivity index (χ0v) is 23.5. The van der Waals surface area contributed by atoms with Crippen molar-refractivity contribution >= 4 is 33.4 Å². The lowest BCUT2D eigenvalue weighted by atomic mass is 9.78. The standard InChI is InChI=1S/C33H29BrN2O4/c34-27-15-11-24(12-16-27)30-33(35-31(40-30)25-13-17-28(18-14-25)39-20-6-19-37)21-26-9-4-5-10-29(26)36(32(33)38)22-23-7-2-1-3-8-23/h1-5,7-18,30,37H,6,19-22H2/t30-,33-/m1/s1. The maximum absolute atomic E-state index is 14.6. The highest BCUT2D eigenvalue weighted by molar-refractivity contribution is 9.10. The number of aliphatic imine (C=N–C) groups is 1. The molecule has 0 saturated heterocycles. The molecule has 0 aromatic heterocycles. The van der Waals surface area contributed by atoms with Crippen LogP contribution in [-0.2, 0) is 22.5 Å². The van der Waals surface area contributed by atoms with Crippen molar-refractivity contribution in [3.05, 3.63) is 130 Å². The fraction of sp³-hybridized carbons (Fsp3) is 0.212. The highest BCUT2D eigenvalue weighted by Gasteiger charge is 2.57. The molecule has 2 aliphatic rings. The van der Waals surface area contributed by atoms with Crippen molar-refractivity contribution in [2.45, 2.75) is 31.0 Å². The summed E-state index contributed by atoms with van der Waals surface area (Å²) in [6.45, 7) is 0.962. The van der Waals surface area contributed by atoms with E-state index in [1.54, 1.807) is 0 Å². The second kappa shape index (κ2) is 11.3. The summed E-state index contributed by atoms with van der Waals surface area (Å²) in [5.41, 5.74) is 3.50. The molecule has 2 aliphatic heterocycles. The van der Waals surface area contributed by atoms with Gasteiger partial charge in [-0.1, -0.05) is 76.6 Å². The van der Waals surface area contributed by atoms with Crippen LogP contribution in [0.15, 0.2) is 113 Å². The second-order valence-electron chi connectivity index (χ2n) is 10.0. The maximum atomic E-state index is 14.6. The Morgan fingerprint density at radius 3 is 2.42 bits per heavy atom. The van der Waals surface area contributed by atoms with Crippen LogP contribution in [0.2, 0.25) is 0 Å². The van der Waals surface area contributed by atoms with Gasteiger partial charge in [-0.3, -0.25) is 4.79 Å². The molecule has 0 saturated carbocycles. The number of benzene rings is 4. The van der Waals surface area contributed by atoms with Gasteiger partial charge in [0.1, 0.15) is 5.75 Å². The Kier molecular flexibility index (Phi) is 7.41. The SMILES string of the molecule is O=C1N(Cc2ccccc2)c2ccccc2C[C@]12N=C(c1ccc(OCCCO)cc1)O[C@@H]2c1ccc(Br)cc1. The molecular formula is C33H29BrN2O4. The lowest BCUT2D eigenvalue weighted by Gasteiger charge is -2.41. The lowest BCUT2D eigenvalue weighted by Crippen LogP contribution is -2.54. The number of hydrogen-bond donors (Lipinski definition) is 1. The van der Waals surface area contributed by atoms with Crippen LogP contribution in [0.5, 0.6) is 5.75 Å². The lowest BCUT2D eigenvalue weighted by molar-refractivity contribution is -0.126. The summed E-state index contributed by atoms with van der Waals surface area (Å²) in [6.07, 6.45) is 0.396. The van der Waals surface area contributed by atoms with Gasteiger partial charge in [-0.2, -0.15) is 0 Å². The van der Waals surface area contributed by atoms with E-state index < -0.39 is 11.6 Å². The summed E-state index contributed by atoms with van der Waals surface area (Å²) in [6, 6.07) is 33.5. The number of hydrogen-bond acceptors (Lipinski definition) is 5. The van der Waals surface area contributed by atoms with Crippen LogP contribution in [0.4, 0.5) is 5.69 Å². The van der Waals surface area contributed by atoms with Crippen LogP contribution in [0.3, 0.4) is 0 Å². The number of para-hydroxylation sites is 1. The van der Waals surface area contributed by atoms with Crippen LogP contribution in [0.25, 0.3) is 0 Å². The Morgan fingerprint density at radius 2 is 1.68 bits per heavy atom. The number of anilines is 1. The maximum Gasteiger partial charge on any atom is 0.259 e. The molecule has 7 heteroatoms. The Labute approximate surface area is 242 Å². The van der Waals surface area contributed by atoms with Crippen LogP contribution in [0.1, 0.15) is 34.8 Å². The third-order valence-electron chi connectivity index (χ3n) is 7.35. The van der Waals surface area contributed by atoms with E-state index in [2.05, 4.69) is 22.0 Å². The summed E-state index contributed by atoms with van der Waals surface area (Å²) >= 11 is 3.53. The van der Waals surface area contributed by atoms with Crippen molar-refractivity contribution in [2.24, 2.45) is 4.99 Å². The van der Waals surface area contributed by atoms with Crippen molar-refractivity contribution < 1.29 is 19.4 Å². The number of ether oxygens (including phenoxy) is 2. The van der Waals surface area contributed by atoms with Gasteiger partial charge in [-0.25, -0.2) is 4.99 Å². The first-order valence-electron chi connectivity index (χ1n) is 13.4. The number of amides is 1. The number of aliphatic hydroxyl groups is 1. The molecule has 0 bridgehead atoms. The first kappa shape index (κ1) is 26.3. The van der Waals surface area contributed by atoms with E-state index in [1.165, 1.54) is 0 Å². The number of fused-ring (bicyclic) bond motifs is 1. The molecular weight excluding hydrogens is 568 g/mol. The van der Waals surface area contributed by atoms with Crippen LogP contribution < -0.4 is 9.64 Å². The third kappa shape index (κ3) is 5.03. The highest BCUT2D eigenvalue weighted by Crippen LogP contribution is 2.48. The molecule has 1 N–H and O–H groups in total. The normalized spacial score (nSPS) is 19.8. The Bertz CT molecular complexity index is 1520. The van der Waals surface area contributed by atoms with E-state index in [1.807, 2.05) is 102 Å². The summed E-state index contributed by atoms with van der Waals surface area (Å²) in [7, 11) is 0. The molecule has 6 nitrogen and oxygen atoms in total. The van der Waals surface area contributed by atoms with Gasteiger partial charge in [0.05, 0.1) is 13.2 Å². The smallest absolute Gasteiger partial charge is 0.259 e. The van der Waals surface area contributed by atoms with Gasteiger partial charge in [0.25, 0.3) is 5.91 Å². The van der Waals surface area contributed by atoms with E-state index in [4.69, 9.17) is 19.6 Å². The molecule has 0 radical (unpaired) electrons. The third-order valence-corrected chi connectivity index (χ3v) is 7.88. The molecule has 202 valence electrons. The Balaban J connectivity index is 1.42. The predicted molar refractivity (Wildman–Crippen MR) is 159 cm³/mol. The largest absolute Gasteiger partial charge is 0.494 e. The molecule has 0 unspecified atom stereocenters. The van der Waals surface area contributed by atoms with E-state index >= 15 is 0 Å². The van der Waals surface area contributed by atoms with E-state index in [0.29, 0.717) is 37.6 Å². The van der Waals surface area contributed by atoms with Crippen molar-refractivity contribution in [3.8, 4) is 5.75 Å². The summed E-state index contributed by atoms with van der Waals surface area (Å²) in [5.74, 6) is 1.05. The van der Waals surface area contributed by atoms with Crippen LogP contribution in [0, 0.1) is 0 Å². The Morgan fingerprint density at radius 1 is 0.950 bits per heavy atom. The zero-order valence-electron chi connectivity index (χ0n) is 21.9. The van der Waals surface area contributed by atoms with Crippen molar-refractivity contribution in [1.82, 2.24) is 0 Å².